The van der Waals surface area contributed by atoms with Crippen molar-refractivity contribution in [1.29, 1.82) is 0 Å². The number of guanidine groups is 1. The summed E-state index contributed by atoms with van der Waals surface area (Å²) in [5.74, 6) is 0.533. The highest BCUT2D eigenvalue weighted by atomic mass is 15.6. The minimum Gasteiger partial charge on any atom is -0.369 e. The smallest absolute Gasteiger partial charge is 0.203 e. The highest BCUT2D eigenvalue weighted by Gasteiger charge is 2.24. The first kappa shape index (κ1) is 12.3. The Balaban J connectivity index is 2.54. The lowest BCUT2D eigenvalue weighted by atomic mass is 10.00. The quantitative estimate of drug-likeness (QED) is 0.538. The maximum atomic E-state index is 5.83. The van der Waals surface area contributed by atoms with Gasteiger partial charge in [-0.05, 0) is 40.5 Å². The lowest BCUT2D eigenvalue weighted by Gasteiger charge is -2.39. The Bertz CT molecular complexity index is 215. The number of hydrazine groups is 1. The van der Waals surface area contributed by atoms with Gasteiger partial charge in [-0.2, -0.15) is 0 Å². The Morgan fingerprint density at radius 2 is 1.87 bits per heavy atom. The van der Waals surface area contributed by atoms with Crippen LogP contribution in [0.3, 0.4) is 0 Å². The fourth-order valence-electron chi connectivity index (χ4n) is 2.08. The third kappa shape index (κ3) is 3.70. The van der Waals surface area contributed by atoms with Crippen LogP contribution in [0.2, 0.25) is 0 Å². The van der Waals surface area contributed by atoms with Gasteiger partial charge in [-0.25, -0.2) is 10.0 Å². The molecule has 1 heterocycles. The molecule has 0 spiro atoms. The Kier molecular flexibility index (Phi) is 4.39. The van der Waals surface area contributed by atoms with Crippen LogP contribution in [-0.2, 0) is 0 Å². The molecule has 88 valence electrons. The molecule has 0 saturated carbocycles. The van der Waals surface area contributed by atoms with Crippen LogP contribution in [-0.4, -0.2) is 29.1 Å². The average molecular weight is 212 g/mol. The molecule has 1 rings (SSSR count). The van der Waals surface area contributed by atoms with Crippen molar-refractivity contribution < 1.29 is 0 Å². The van der Waals surface area contributed by atoms with Crippen molar-refractivity contribution in [2.24, 2.45) is 10.7 Å². The SMILES string of the molecule is CC(C)N=C(N)NN1C(C)CCCC1C. The lowest BCUT2D eigenvalue weighted by Crippen LogP contribution is -2.56. The molecule has 1 saturated heterocycles. The standard InChI is InChI=1S/C11H24N4/c1-8(2)13-11(12)14-15-9(3)6-5-7-10(15)4/h8-10H,5-7H2,1-4H3,(H3,12,13,14). The summed E-state index contributed by atoms with van der Waals surface area (Å²) in [5.41, 5.74) is 9.04. The highest BCUT2D eigenvalue weighted by molar-refractivity contribution is 5.77. The lowest BCUT2D eigenvalue weighted by molar-refractivity contribution is 0.0733. The molecule has 0 aromatic rings. The maximum absolute atomic E-state index is 5.83. The molecule has 3 N–H and O–H groups in total. The Hall–Kier alpha value is -0.770. The second-order valence-corrected chi connectivity index (χ2v) is 4.76. The van der Waals surface area contributed by atoms with Gasteiger partial charge in [0.05, 0.1) is 0 Å². The third-order valence-electron chi connectivity index (χ3n) is 2.83. The number of rotatable bonds is 2. The van der Waals surface area contributed by atoms with Crippen LogP contribution >= 0.6 is 0 Å². The molecule has 15 heavy (non-hydrogen) atoms. The highest BCUT2D eigenvalue weighted by Crippen LogP contribution is 2.19. The summed E-state index contributed by atoms with van der Waals surface area (Å²) in [6, 6.07) is 1.32. The van der Waals surface area contributed by atoms with Gasteiger partial charge in [-0.1, -0.05) is 6.42 Å². The molecule has 1 aliphatic rings. The number of hydrogen-bond donors (Lipinski definition) is 2. The Labute approximate surface area is 92.9 Å². The number of nitrogens with zero attached hydrogens (tertiary/aromatic N) is 2. The molecule has 4 nitrogen and oxygen atoms in total. The molecule has 0 amide bonds. The average Bonchev–Trinajstić information content (AvgIpc) is 2.10. The summed E-state index contributed by atoms with van der Waals surface area (Å²) in [6.45, 7) is 8.51. The Morgan fingerprint density at radius 3 is 2.33 bits per heavy atom. The van der Waals surface area contributed by atoms with E-state index >= 15 is 0 Å². The largest absolute Gasteiger partial charge is 0.369 e. The van der Waals surface area contributed by atoms with E-state index < -0.39 is 0 Å². The first-order chi connectivity index (χ1) is 7.00. The summed E-state index contributed by atoms with van der Waals surface area (Å²) in [5, 5.41) is 2.23. The van der Waals surface area contributed by atoms with Gasteiger partial charge in [-0.15, -0.1) is 0 Å². The van der Waals surface area contributed by atoms with Gasteiger partial charge >= 0.3 is 0 Å². The maximum Gasteiger partial charge on any atom is 0.203 e. The predicted molar refractivity (Wildman–Crippen MR) is 64.5 cm³/mol. The van der Waals surface area contributed by atoms with Gasteiger partial charge in [0.15, 0.2) is 0 Å². The number of piperidine rings is 1. The molecule has 2 unspecified atom stereocenters. The van der Waals surface area contributed by atoms with Crippen molar-refractivity contribution in [2.45, 2.75) is 65.1 Å². The van der Waals surface area contributed by atoms with Crippen LogP contribution in [0.5, 0.6) is 0 Å². The summed E-state index contributed by atoms with van der Waals surface area (Å²) >= 11 is 0. The normalized spacial score (nSPS) is 29.5. The third-order valence-corrected chi connectivity index (χ3v) is 2.83. The summed E-state index contributed by atoms with van der Waals surface area (Å²) < 4.78 is 0. The van der Waals surface area contributed by atoms with Crippen LogP contribution in [0.25, 0.3) is 0 Å². The van der Waals surface area contributed by atoms with Crippen molar-refractivity contribution in [1.82, 2.24) is 10.4 Å². The molecule has 0 bridgehead atoms. The van der Waals surface area contributed by atoms with E-state index in [0.29, 0.717) is 18.0 Å². The second kappa shape index (κ2) is 5.35. The van der Waals surface area contributed by atoms with Gasteiger partial charge in [0.25, 0.3) is 0 Å². The molecule has 0 aliphatic carbocycles. The molecule has 2 atom stereocenters. The fraction of sp³-hybridized carbons (Fsp3) is 0.909. The fourth-order valence-corrected chi connectivity index (χ4v) is 2.08. The number of hydrogen-bond acceptors (Lipinski definition) is 2. The van der Waals surface area contributed by atoms with E-state index in [1.54, 1.807) is 0 Å². The predicted octanol–water partition coefficient (Wildman–Crippen LogP) is 1.48. The molecule has 0 radical (unpaired) electrons. The van der Waals surface area contributed by atoms with E-state index in [2.05, 4.69) is 29.3 Å². The monoisotopic (exact) mass is 212 g/mol. The summed E-state index contributed by atoms with van der Waals surface area (Å²) in [7, 11) is 0. The van der Waals surface area contributed by atoms with Crippen LogP contribution in [0.15, 0.2) is 4.99 Å². The minimum atomic E-state index is 0.243. The molecule has 1 fully saturated rings. The summed E-state index contributed by atoms with van der Waals surface area (Å²) in [4.78, 5) is 4.28. The topological polar surface area (TPSA) is 53.6 Å². The van der Waals surface area contributed by atoms with Gasteiger partial charge in [0.1, 0.15) is 0 Å². The van der Waals surface area contributed by atoms with Crippen molar-refractivity contribution in [3.63, 3.8) is 0 Å². The van der Waals surface area contributed by atoms with E-state index in [0.717, 1.165) is 0 Å². The van der Waals surface area contributed by atoms with Gasteiger partial charge in [-0.3, -0.25) is 5.43 Å². The second-order valence-electron chi connectivity index (χ2n) is 4.76. The molecular formula is C11H24N4. The molecule has 1 aliphatic heterocycles. The van der Waals surface area contributed by atoms with E-state index in [9.17, 15) is 0 Å². The first-order valence-electron chi connectivity index (χ1n) is 5.89. The van der Waals surface area contributed by atoms with Crippen LogP contribution in [0.4, 0.5) is 0 Å². The van der Waals surface area contributed by atoms with E-state index in [1.807, 2.05) is 13.8 Å². The molecular weight excluding hydrogens is 188 g/mol. The van der Waals surface area contributed by atoms with Crippen LogP contribution in [0.1, 0.15) is 47.0 Å². The van der Waals surface area contributed by atoms with Crippen LogP contribution in [0, 0.1) is 0 Å². The first-order valence-corrected chi connectivity index (χ1v) is 5.89. The van der Waals surface area contributed by atoms with Crippen LogP contribution < -0.4 is 11.2 Å². The number of nitrogens with one attached hydrogen (secondary N) is 1. The molecule has 0 aromatic heterocycles. The van der Waals surface area contributed by atoms with E-state index in [1.165, 1.54) is 19.3 Å². The van der Waals surface area contributed by atoms with E-state index in [4.69, 9.17) is 5.73 Å². The summed E-state index contributed by atoms with van der Waals surface area (Å²) in [6.07, 6.45) is 3.76. The van der Waals surface area contributed by atoms with Gasteiger partial charge in [0.2, 0.25) is 5.96 Å². The minimum absolute atomic E-state index is 0.243. The van der Waals surface area contributed by atoms with Gasteiger partial charge in [0, 0.05) is 18.1 Å². The van der Waals surface area contributed by atoms with Crippen molar-refractivity contribution in [3.05, 3.63) is 0 Å². The van der Waals surface area contributed by atoms with Crippen molar-refractivity contribution in [2.75, 3.05) is 0 Å². The van der Waals surface area contributed by atoms with Crippen molar-refractivity contribution in [3.8, 4) is 0 Å². The number of nitrogens with two attached hydrogens (primary N) is 1. The van der Waals surface area contributed by atoms with Crippen molar-refractivity contribution >= 4 is 5.96 Å². The molecule has 4 heteroatoms. The molecule has 0 aromatic carbocycles. The number of aliphatic imine (C=N–C) groups is 1. The zero-order valence-electron chi connectivity index (χ0n) is 10.3. The zero-order chi connectivity index (χ0) is 11.4. The van der Waals surface area contributed by atoms with E-state index in [-0.39, 0.29) is 6.04 Å². The Morgan fingerprint density at radius 1 is 1.33 bits per heavy atom. The van der Waals surface area contributed by atoms with Gasteiger partial charge < -0.3 is 5.73 Å². The zero-order valence-corrected chi connectivity index (χ0v) is 10.3.